The number of hydrogen-bond donors (Lipinski definition) is 0. The summed E-state index contributed by atoms with van der Waals surface area (Å²) in [4.78, 5) is 15.9. The highest BCUT2D eigenvalue weighted by Crippen LogP contribution is 2.52. The summed E-state index contributed by atoms with van der Waals surface area (Å²) in [6.07, 6.45) is 0. The zero-order chi connectivity index (χ0) is 35.3. The molecule has 0 atom stereocenters. The Hall–Kier alpha value is -6.85. The van der Waals surface area contributed by atoms with E-state index < -0.39 is 0 Å². The molecule has 0 aliphatic heterocycles. The van der Waals surface area contributed by atoms with Crippen LogP contribution in [0.25, 0.3) is 94.7 Å². The predicted molar refractivity (Wildman–Crippen MR) is 215 cm³/mol. The zero-order valence-corrected chi connectivity index (χ0v) is 29.2. The Labute approximate surface area is 305 Å². The van der Waals surface area contributed by atoms with Crippen LogP contribution < -0.4 is 0 Å². The molecule has 0 N–H and O–H groups in total. The molecule has 5 nitrogen and oxygen atoms in total. The van der Waals surface area contributed by atoms with Gasteiger partial charge in [-0.25, -0.2) is 4.98 Å². The van der Waals surface area contributed by atoms with Crippen molar-refractivity contribution >= 4 is 43.7 Å². The lowest BCUT2D eigenvalue weighted by Crippen LogP contribution is -2.17. The van der Waals surface area contributed by atoms with E-state index in [1.54, 1.807) is 0 Å². The van der Waals surface area contributed by atoms with E-state index in [9.17, 15) is 0 Å². The highest BCUT2D eigenvalue weighted by Gasteiger charge is 2.38. The lowest BCUT2D eigenvalue weighted by molar-refractivity contribution is 0.661. The van der Waals surface area contributed by atoms with E-state index in [-0.39, 0.29) is 5.41 Å². The average molecular weight is 681 g/mol. The van der Waals surface area contributed by atoms with Gasteiger partial charge in [0.2, 0.25) is 5.95 Å². The Kier molecular flexibility index (Phi) is 6.23. The number of nitrogens with zero attached hydrogens (tertiary/aromatic N) is 4. The molecule has 0 amide bonds. The fourth-order valence-electron chi connectivity index (χ4n) is 8.71. The Balaban J connectivity index is 1.17. The Bertz CT molecular complexity index is 3040. The summed E-state index contributed by atoms with van der Waals surface area (Å²) in [7, 11) is 0. The monoisotopic (exact) mass is 680 g/mol. The maximum Gasteiger partial charge on any atom is 0.238 e. The molecule has 11 rings (SSSR count). The van der Waals surface area contributed by atoms with Gasteiger partial charge in [-0.2, -0.15) is 9.97 Å². The standard InChI is InChI=1S/C48H32N4O/c1-48(2)38-22-9-6-16-32(38)35-20-12-21-37(44(35)48)46-49-45(50-47(51-46)52-39-23-10-7-17-33(39)34-18-8-11-24-40(34)52)30-26-27-36-42(28-30)53-41-25-13-19-31(43(36)41)29-14-4-3-5-15-29/h3-28H,1-2H3. The molecular formula is C48H32N4O. The summed E-state index contributed by atoms with van der Waals surface area (Å²) in [5, 5.41) is 4.47. The van der Waals surface area contributed by atoms with Crippen LogP contribution in [0.1, 0.15) is 25.0 Å². The van der Waals surface area contributed by atoms with E-state index >= 15 is 0 Å². The quantitative estimate of drug-likeness (QED) is 0.186. The average Bonchev–Trinajstić information content (AvgIpc) is 3.83. The van der Waals surface area contributed by atoms with Gasteiger partial charge in [0.25, 0.3) is 0 Å². The SMILES string of the molecule is CC1(C)c2ccccc2-c2cccc(-c3nc(-c4ccc5c(c4)oc4cccc(-c6ccccc6)c45)nc(-n4c5ccccc5c5ccccc54)n3)c21. The van der Waals surface area contributed by atoms with Crippen LogP contribution in [0.15, 0.2) is 162 Å². The van der Waals surface area contributed by atoms with E-state index in [1.165, 1.54) is 22.3 Å². The van der Waals surface area contributed by atoms with Crippen molar-refractivity contribution in [2.24, 2.45) is 0 Å². The van der Waals surface area contributed by atoms with Crippen LogP contribution in [0.2, 0.25) is 0 Å². The first-order chi connectivity index (χ1) is 26.0. The molecule has 10 aromatic rings. The maximum absolute atomic E-state index is 6.56. The third-order valence-electron chi connectivity index (χ3n) is 11.1. The van der Waals surface area contributed by atoms with Gasteiger partial charge in [-0.15, -0.1) is 0 Å². The number of aromatic nitrogens is 4. The smallest absolute Gasteiger partial charge is 0.238 e. The van der Waals surface area contributed by atoms with Gasteiger partial charge in [0.1, 0.15) is 11.2 Å². The molecule has 5 heteroatoms. The summed E-state index contributed by atoms with van der Waals surface area (Å²) in [6.45, 7) is 4.60. The minimum Gasteiger partial charge on any atom is -0.456 e. The topological polar surface area (TPSA) is 56.7 Å². The van der Waals surface area contributed by atoms with E-state index in [1.807, 2.05) is 12.1 Å². The first-order valence-corrected chi connectivity index (χ1v) is 18.0. The van der Waals surface area contributed by atoms with E-state index in [2.05, 4.69) is 164 Å². The molecule has 3 heterocycles. The second-order valence-corrected chi connectivity index (χ2v) is 14.4. The number of para-hydroxylation sites is 2. The van der Waals surface area contributed by atoms with Gasteiger partial charge in [-0.05, 0) is 63.7 Å². The van der Waals surface area contributed by atoms with Crippen LogP contribution in [0.4, 0.5) is 0 Å². The van der Waals surface area contributed by atoms with Gasteiger partial charge < -0.3 is 4.42 Å². The van der Waals surface area contributed by atoms with Gasteiger partial charge in [-0.3, -0.25) is 4.57 Å². The van der Waals surface area contributed by atoms with Crippen LogP contribution in [-0.2, 0) is 5.41 Å². The minimum atomic E-state index is -0.244. The fourth-order valence-corrected chi connectivity index (χ4v) is 8.71. The van der Waals surface area contributed by atoms with Gasteiger partial charge in [0.05, 0.1) is 11.0 Å². The Morgan fingerprint density at radius 3 is 1.92 bits per heavy atom. The summed E-state index contributed by atoms with van der Waals surface area (Å²) in [5.74, 6) is 1.80. The first kappa shape index (κ1) is 29.8. The molecule has 0 bridgehead atoms. The molecular weight excluding hydrogens is 649 g/mol. The van der Waals surface area contributed by atoms with Gasteiger partial charge in [0.15, 0.2) is 11.6 Å². The Morgan fingerprint density at radius 2 is 1.11 bits per heavy atom. The number of fused-ring (bicyclic) bond motifs is 9. The first-order valence-electron chi connectivity index (χ1n) is 18.0. The predicted octanol–water partition coefficient (Wildman–Crippen LogP) is 12.2. The van der Waals surface area contributed by atoms with Crippen molar-refractivity contribution in [3.8, 4) is 51.0 Å². The van der Waals surface area contributed by atoms with Crippen LogP contribution in [0.3, 0.4) is 0 Å². The number of benzene rings is 7. The summed E-state index contributed by atoms with van der Waals surface area (Å²) in [5.41, 5.74) is 12.7. The lowest BCUT2D eigenvalue weighted by Gasteiger charge is -2.24. The number of furan rings is 1. The largest absolute Gasteiger partial charge is 0.456 e. The van der Waals surface area contributed by atoms with E-state index in [0.29, 0.717) is 17.6 Å². The van der Waals surface area contributed by atoms with Gasteiger partial charge >= 0.3 is 0 Å². The van der Waals surface area contributed by atoms with Crippen molar-refractivity contribution in [2.45, 2.75) is 19.3 Å². The molecule has 7 aromatic carbocycles. The maximum atomic E-state index is 6.56. The summed E-state index contributed by atoms with van der Waals surface area (Å²) >= 11 is 0. The molecule has 53 heavy (non-hydrogen) atoms. The molecule has 0 spiro atoms. The van der Waals surface area contributed by atoms with E-state index in [0.717, 1.165) is 66.0 Å². The van der Waals surface area contributed by atoms with Crippen LogP contribution in [-0.4, -0.2) is 19.5 Å². The summed E-state index contributed by atoms with van der Waals surface area (Å²) in [6, 6.07) is 55.2. The lowest BCUT2D eigenvalue weighted by atomic mass is 9.80. The van der Waals surface area contributed by atoms with Crippen molar-refractivity contribution in [3.63, 3.8) is 0 Å². The summed E-state index contributed by atoms with van der Waals surface area (Å²) < 4.78 is 8.73. The molecule has 0 radical (unpaired) electrons. The molecule has 0 unspecified atom stereocenters. The second kappa shape index (κ2) is 11.1. The van der Waals surface area contributed by atoms with Crippen molar-refractivity contribution in [1.29, 1.82) is 0 Å². The van der Waals surface area contributed by atoms with Crippen molar-refractivity contribution in [1.82, 2.24) is 19.5 Å². The third-order valence-corrected chi connectivity index (χ3v) is 11.1. The Morgan fingerprint density at radius 1 is 0.472 bits per heavy atom. The third kappa shape index (κ3) is 4.34. The number of rotatable bonds is 4. The van der Waals surface area contributed by atoms with E-state index in [4.69, 9.17) is 19.4 Å². The molecule has 0 fully saturated rings. The molecule has 0 saturated heterocycles. The number of hydrogen-bond acceptors (Lipinski definition) is 4. The van der Waals surface area contributed by atoms with Crippen LogP contribution in [0, 0.1) is 0 Å². The highest BCUT2D eigenvalue weighted by molar-refractivity contribution is 6.13. The van der Waals surface area contributed by atoms with Crippen LogP contribution >= 0.6 is 0 Å². The fraction of sp³-hybridized carbons (Fsp3) is 0.0625. The van der Waals surface area contributed by atoms with Crippen molar-refractivity contribution in [2.75, 3.05) is 0 Å². The normalized spacial score (nSPS) is 13.2. The molecule has 0 saturated carbocycles. The molecule has 1 aliphatic carbocycles. The van der Waals surface area contributed by atoms with Gasteiger partial charge in [-0.1, -0.05) is 141 Å². The molecule has 250 valence electrons. The van der Waals surface area contributed by atoms with Crippen molar-refractivity contribution < 1.29 is 4.42 Å². The second-order valence-electron chi connectivity index (χ2n) is 14.4. The molecule has 3 aromatic heterocycles. The highest BCUT2D eigenvalue weighted by atomic mass is 16.3. The van der Waals surface area contributed by atoms with Gasteiger partial charge in [0, 0.05) is 38.1 Å². The van der Waals surface area contributed by atoms with Crippen molar-refractivity contribution in [3.05, 3.63) is 169 Å². The minimum absolute atomic E-state index is 0.244. The molecule has 1 aliphatic rings. The zero-order valence-electron chi connectivity index (χ0n) is 29.2. The van der Waals surface area contributed by atoms with Crippen LogP contribution in [0.5, 0.6) is 0 Å².